The van der Waals surface area contributed by atoms with Gasteiger partial charge >= 0.3 is 0 Å². The molecule has 0 fully saturated rings. The van der Waals surface area contributed by atoms with Crippen molar-refractivity contribution >= 4 is 15.9 Å². The summed E-state index contributed by atoms with van der Waals surface area (Å²) in [7, 11) is 1.58. The van der Waals surface area contributed by atoms with E-state index < -0.39 is 17.5 Å². The fourth-order valence-corrected chi connectivity index (χ4v) is 2.48. The number of methoxy groups -OCH3 is 1. The molecule has 2 aromatic rings. The molecule has 0 saturated carbocycles. The molecule has 106 valence electrons. The lowest BCUT2D eigenvalue weighted by molar-refractivity contribution is 0.414. The highest BCUT2D eigenvalue weighted by Crippen LogP contribution is 2.29. The Bertz CT molecular complexity index is 576. The number of benzene rings is 2. The maximum Gasteiger partial charge on any atom is 0.194 e. The minimum absolute atomic E-state index is 0.305. The van der Waals surface area contributed by atoms with E-state index in [4.69, 9.17) is 4.74 Å². The van der Waals surface area contributed by atoms with Crippen LogP contribution in [-0.2, 0) is 6.42 Å². The number of hydrogen-bond donors (Lipinski definition) is 0. The normalized spacial score (nSPS) is 12.2. The molecule has 0 amide bonds. The fourth-order valence-electron chi connectivity index (χ4n) is 1.84. The van der Waals surface area contributed by atoms with Gasteiger partial charge in [-0.05, 0) is 41.8 Å². The Kier molecular flexibility index (Phi) is 4.70. The maximum atomic E-state index is 13.2. The van der Waals surface area contributed by atoms with Gasteiger partial charge in [0.1, 0.15) is 5.75 Å². The van der Waals surface area contributed by atoms with Gasteiger partial charge in [0, 0.05) is 4.83 Å². The first-order chi connectivity index (χ1) is 9.51. The van der Waals surface area contributed by atoms with E-state index in [1.165, 1.54) is 0 Å². The van der Waals surface area contributed by atoms with E-state index in [0.29, 0.717) is 12.0 Å². The Balaban J connectivity index is 2.16. The van der Waals surface area contributed by atoms with E-state index in [9.17, 15) is 13.2 Å². The van der Waals surface area contributed by atoms with Gasteiger partial charge in [-0.25, -0.2) is 13.2 Å². The van der Waals surface area contributed by atoms with Crippen LogP contribution in [0.25, 0.3) is 0 Å². The van der Waals surface area contributed by atoms with Crippen molar-refractivity contribution in [3.8, 4) is 5.75 Å². The molecule has 0 radical (unpaired) electrons. The zero-order valence-electron chi connectivity index (χ0n) is 10.7. The summed E-state index contributed by atoms with van der Waals surface area (Å²) < 4.78 is 44.3. The van der Waals surface area contributed by atoms with E-state index in [1.54, 1.807) is 19.2 Å². The summed E-state index contributed by atoms with van der Waals surface area (Å²) >= 11 is 3.36. The Morgan fingerprint density at radius 1 is 1.05 bits per heavy atom. The third-order valence-electron chi connectivity index (χ3n) is 2.94. The van der Waals surface area contributed by atoms with Gasteiger partial charge < -0.3 is 4.74 Å². The van der Waals surface area contributed by atoms with Crippen LogP contribution in [0, 0.1) is 17.5 Å². The van der Waals surface area contributed by atoms with E-state index in [-0.39, 0.29) is 4.83 Å². The molecule has 0 aromatic heterocycles. The van der Waals surface area contributed by atoms with Gasteiger partial charge in [-0.1, -0.05) is 28.1 Å². The smallest absolute Gasteiger partial charge is 0.194 e. The molecule has 5 heteroatoms. The van der Waals surface area contributed by atoms with Crippen molar-refractivity contribution in [3.05, 3.63) is 65.0 Å². The van der Waals surface area contributed by atoms with Crippen LogP contribution in [0.2, 0.25) is 0 Å². The molecule has 0 heterocycles. The van der Waals surface area contributed by atoms with Crippen molar-refractivity contribution in [3.63, 3.8) is 0 Å². The molecule has 1 nitrogen and oxygen atoms in total. The van der Waals surface area contributed by atoms with Crippen LogP contribution in [0.1, 0.15) is 16.0 Å². The SMILES string of the molecule is COc1ccc(CC(Br)c2cc(F)c(F)c(F)c2)cc1. The molecule has 0 aliphatic heterocycles. The van der Waals surface area contributed by atoms with Crippen molar-refractivity contribution in [1.82, 2.24) is 0 Å². The quantitative estimate of drug-likeness (QED) is 0.572. The topological polar surface area (TPSA) is 9.23 Å². The van der Waals surface area contributed by atoms with Crippen LogP contribution in [0.4, 0.5) is 13.2 Å². The van der Waals surface area contributed by atoms with Crippen molar-refractivity contribution in [1.29, 1.82) is 0 Å². The monoisotopic (exact) mass is 344 g/mol. The number of rotatable bonds is 4. The number of alkyl halides is 1. The lowest BCUT2D eigenvalue weighted by atomic mass is 10.0. The summed E-state index contributed by atoms with van der Waals surface area (Å²) in [5.41, 5.74) is 1.33. The predicted octanol–water partition coefficient (Wildman–Crippen LogP) is 4.79. The van der Waals surface area contributed by atoms with Gasteiger partial charge in [-0.3, -0.25) is 0 Å². The molecular formula is C15H12BrF3O. The molecule has 20 heavy (non-hydrogen) atoms. The summed E-state index contributed by atoms with van der Waals surface area (Å²) in [6.07, 6.45) is 0.522. The molecule has 2 aromatic carbocycles. The highest BCUT2D eigenvalue weighted by Gasteiger charge is 2.15. The third kappa shape index (κ3) is 3.33. The van der Waals surface area contributed by atoms with Crippen LogP contribution in [0.5, 0.6) is 5.75 Å². The molecule has 0 aliphatic rings. The van der Waals surface area contributed by atoms with Crippen LogP contribution in [0.3, 0.4) is 0 Å². The minimum atomic E-state index is -1.45. The van der Waals surface area contributed by atoms with E-state index >= 15 is 0 Å². The van der Waals surface area contributed by atoms with Gasteiger partial charge in [-0.15, -0.1) is 0 Å². The maximum absolute atomic E-state index is 13.2. The first kappa shape index (κ1) is 14.9. The van der Waals surface area contributed by atoms with Crippen molar-refractivity contribution in [2.45, 2.75) is 11.2 Å². The third-order valence-corrected chi connectivity index (χ3v) is 3.79. The fraction of sp³-hybridized carbons (Fsp3) is 0.200. The largest absolute Gasteiger partial charge is 0.497 e. The molecule has 0 spiro atoms. The zero-order valence-corrected chi connectivity index (χ0v) is 12.3. The number of halogens is 4. The van der Waals surface area contributed by atoms with Gasteiger partial charge in [0.15, 0.2) is 17.5 Å². The van der Waals surface area contributed by atoms with E-state index in [1.807, 2.05) is 12.1 Å². The highest BCUT2D eigenvalue weighted by atomic mass is 79.9. The van der Waals surface area contributed by atoms with Gasteiger partial charge in [0.2, 0.25) is 0 Å². The molecular weight excluding hydrogens is 333 g/mol. The van der Waals surface area contributed by atoms with E-state index in [0.717, 1.165) is 23.4 Å². The summed E-state index contributed by atoms with van der Waals surface area (Å²) in [6, 6.07) is 9.34. The highest BCUT2D eigenvalue weighted by molar-refractivity contribution is 9.09. The summed E-state index contributed by atoms with van der Waals surface area (Å²) in [6.45, 7) is 0. The Morgan fingerprint density at radius 3 is 2.10 bits per heavy atom. The molecule has 0 bridgehead atoms. The Labute approximate surface area is 123 Å². The van der Waals surface area contributed by atoms with Crippen molar-refractivity contribution < 1.29 is 17.9 Å². The van der Waals surface area contributed by atoms with Crippen LogP contribution >= 0.6 is 15.9 Å². The number of ether oxygens (including phenoxy) is 1. The minimum Gasteiger partial charge on any atom is -0.497 e. The zero-order chi connectivity index (χ0) is 14.7. The average Bonchev–Trinajstić information content (AvgIpc) is 2.45. The second-order valence-corrected chi connectivity index (χ2v) is 5.42. The Hall–Kier alpha value is -1.49. The summed E-state index contributed by atoms with van der Waals surface area (Å²) in [4.78, 5) is -0.305. The molecule has 1 atom stereocenters. The first-order valence-corrected chi connectivity index (χ1v) is 6.84. The van der Waals surface area contributed by atoms with E-state index in [2.05, 4.69) is 15.9 Å². The second kappa shape index (κ2) is 6.31. The van der Waals surface area contributed by atoms with Gasteiger partial charge in [0.05, 0.1) is 7.11 Å². The number of hydrogen-bond acceptors (Lipinski definition) is 1. The van der Waals surface area contributed by atoms with Crippen LogP contribution in [-0.4, -0.2) is 7.11 Å². The summed E-state index contributed by atoms with van der Waals surface area (Å²) in [5.74, 6) is -3.07. The van der Waals surface area contributed by atoms with Gasteiger partial charge in [0.25, 0.3) is 0 Å². The second-order valence-electron chi connectivity index (χ2n) is 4.32. The van der Waals surface area contributed by atoms with Crippen molar-refractivity contribution in [2.24, 2.45) is 0 Å². The van der Waals surface area contributed by atoms with Gasteiger partial charge in [-0.2, -0.15) is 0 Å². The average molecular weight is 345 g/mol. The Morgan fingerprint density at radius 2 is 1.60 bits per heavy atom. The van der Waals surface area contributed by atoms with Crippen molar-refractivity contribution in [2.75, 3.05) is 7.11 Å². The lowest BCUT2D eigenvalue weighted by Crippen LogP contribution is -2.00. The predicted molar refractivity (Wildman–Crippen MR) is 74.7 cm³/mol. The molecule has 0 aliphatic carbocycles. The molecule has 0 saturated heterocycles. The summed E-state index contributed by atoms with van der Waals surface area (Å²) in [5, 5.41) is 0. The standard InChI is InChI=1S/C15H12BrF3O/c1-20-11-4-2-9(3-5-11)6-12(16)10-7-13(17)15(19)14(18)8-10/h2-5,7-8,12H,6H2,1H3. The van der Waals surface area contributed by atoms with Crippen LogP contribution < -0.4 is 4.74 Å². The molecule has 1 unspecified atom stereocenters. The lowest BCUT2D eigenvalue weighted by Gasteiger charge is -2.11. The molecule has 0 N–H and O–H groups in total. The molecule has 2 rings (SSSR count). The first-order valence-electron chi connectivity index (χ1n) is 5.92. The van der Waals surface area contributed by atoms with Crippen LogP contribution in [0.15, 0.2) is 36.4 Å².